The molecule has 4 aromatic rings. The second-order valence-corrected chi connectivity index (χ2v) is 8.58. The standard InChI is InChI=1S/C24H20ClN5O2S/c1-16-2-6-18(7-3-16)23-28-29-24(30(23)20-10-8-19(25)9-11-20)33-15-22(32)27-26-14-17-4-12-21(31)13-5-17/h2-14H,15H2,1H3,(H2,26,27,31,32)/p+1. The van der Waals surface area contributed by atoms with Gasteiger partial charge < -0.3 is 5.11 Å². The van der Waals surface area contributed by atoms with Crippen molar-refractivity contribution in [1.82, 2.24) is 15.6 Å². The second kappa shape index (κ2) is 10.3. The van der Waals surface area contributed by atoms with E-state index in [1.807, 2.05) is 60.0 Å². The molecule has 0 radical (unpaired) electrons. The van der Waals surface area contributed by atoms with Crippen molar-refractivity contribution in [1.29, 1.82) is 0 Å². The van der Waals surface area contributed by atoms with E-state index in [9.17, 15) is 9.90 Å². The van der Waals surface area contributed by atoms with Crippen LogP contribution in [0, 0.1) is 6.92 Å². The predicted molar refractivity (Wildman–Crippen MR) is 130 cm³/mol. The summed E-state index contributed by atoms with van der Waals surface area (Å²) in [5.74, 6) is 0.826. The Hall–Kier alpha value is -3.62. The number of nitrogens with zero attached hydrogens (tertiary/aromatic N) is 3. The average molecular weight is 479 g/mol. The molecule has 3 aromatic carbocycles. The summed E-state index contributed by atoms with van der Waals surface area (Å²) in [6.07, 6.45) is 1.51. The SMILES string of the molecule is Cc1ccc(-c2[nH]nc(SCC(=O)NN=Cc3ccc(O)cc3)[n+]2-c2ccc(Cl)cc2)cc1. The fraction of sp³-hybridized carbons (Fsp3) is 0.0833. The lowest BCUT2D eigenvalue weighted by atomic mass is 10.1. The number of hydrogen-bond donors (Lipinski definition) is 3. The minimum absolute atomic E-state index is 0.124. The largest absolute Gasteiger partial charge is 0.508 e. The Morgan fingerprint density at radius 3 is 2.52 bits per heavy atom. The van der Waals surface area contributed by atoms with Gasteiger partial charge in [0, 0.05) is 5.02 Å². The molecule has 0 saturated carbocycles. The number of aryl methyl sites for hydroxylation is 1. The summed E-state index contributed by atoms with van der Waals surface area (Å²) >= 11 is 7.36. The van der Waals surface area contributed by atoms with Crippen molar-refractivity contribution in [3.05, 3.63) is 88.9 Å². The van der Waals surface area contributed by atoms with Crippen molar-refractivity contribution in [3.8, 4) is 22.8 Å². The highest BCUT2D eigenvalue weighted by Gasteiger charge is 2.24. The third-order valence-electron chi connectivity index (χ3n) is 4.71. The number of benzene rings is 3. The lowest BCUT2D eigenvalue weighted by Crippen LogP contribution is -2.34. The molecule has 0 atom stereocenters. The summed E-state index contributed by atoms with van der Waals surface area (Å²) in [6, 6.07) is 22.1. The number of aromatic hydroxyl groups is 1. The summed E-state index contributed by atoms with van der Waals surface area (Å²) in [5.41, 5.74) is 6.28. The highest BCUT2D eigenvalue weighted by Crippen LogP contribution is 2.21. The van der Waals surface area contributed by atoms with Crippen molar-refractivity contribution in [3.63, 3.8) is 0 Å². The third kappa shape index (κ3) is 5.79. The number of rotatable bonds is 7. The Morgan fingerprint density at radius 1 is 1.12 bits per heavy atom. The molecular formula is C24H21ClN5O2S+. The van der Waals surface area contributed by atoms with Crippen molar-refractivity contribution in [2.24, 2.45) is 5.10 Å². The van der Waals surface area contributed by atoms with Crippen molar-refractivity contribution >= 4 is 35.5 Å². The smallest absolute Gasteiger partial charge is 0.342 e. The van der Waals surface area contributed by atoms with Crippen LogP contribution in [0.3, 0.4) is 0 Å². The first kappa shape index (κ1) is 22.6. The zero-order valence-corrected chi connectivity index (χ0v) is 19.3. The molecule has 0 aliphatic carbocycles. The van der Waals surface area contributed by atoms with Gasteiger partial charge in [0.1, 0.15) is 11.4 Å². The molecule has 0 aliphatic heterocycles. The highest BCUT2D eigenvalue weighted by atomic mass is 35.5. The number of phenols is 1. The van der Waals surface area contributed by atoms with E-state index in [4.69, 9.17) is 11.6 Å². The number of phenolic OH excluding ortho intramolecular Hbond substituents is 1. The van der Waals surface area contributed by atoms with Crippen LogP contribution in [0.15, 0.2) is 83.1 Å². The Balaban J connectivity index is 1.51. The fourth-order valence-corrected chi connectivity index (χ4v) is 3.92. The molecule has 3 N–H and O–H groups in total. The summed E-state index contributed by atoms with van der Waals surface area (Å²) in [5, 5.41) is 22.1. The van der Waals surface area contributed by atoms with Gasteiger partial charge in [-0.1, -0.05) is 29.3 Å². The van der Waals surface area contributed by atoms with E-state index in [-0.39, 0.29) is 17.4 Å². The van der Waals surface area contributed by atoms with E-state index in [0.717, 1.165) is 28.2 Å². The first-order valence-corrected chi connectivity index (χ1v) is 11.4. The topological polar surface area (TPSA) is 94.2 Å². The molecular weight excluding hydrogens is 458 g/mol. The van der Waals surface area contributed by atoms with E-state index < -0.39 is 0 Å². The molecule has 4 rings (SSSR count). The van der Waals surface area contributed by atoms with Gasteiger partial charge in [0.15, 0.2) is 0 Å². The molecule has 7 nitrogen and oxygen atoms in total. The van der Waals surface area contributed by atoms with Crippen LogP contribution in [0.1, 0.15) is 11.1 Å². The molecule has 166 valence electrons. The number of nitrogens with one attached hydrogen (secondary N) is 2. The summed E-state index contributed by atoms with van der Waals surface area (Å²) < 4.78 is 1.96. The fourth-order valence-electron chi connectivity index (χ4n) is 3.03. The first-order valence-electron chi connectivity index (χ1n) is 10.1. The number of halogens is 1. The first-order chi connectivity index (χ1) is 16.0. The molecule has 0 fully saturated rings. The van der Waals surface area contributed by atoms with Crippen LogP contribution >= 0.6 is 23.4 Å². The molecule has 1 amide bonds. The molecule has 0 aliphatic rings. The number of amides is 1. The van der Waals surface area contributed by atoms with Crippen molar-refractivity contribution in [2.45, 2.75) is 12.1 Å². The van der Waals surface area contributed by atoms with Crippen LogP contribution in [-0.2, 0) is 4.79 Å². The van der Waals surface area contributed by atoms with E-state index in [1.165, 1.54) is 18.0 Å². The van der Waals surface area contributed by atoms with Gasteiger partial charge in [-0.25, -0.2) is 5.43 Å². The number of hydrazone groups is 1. The van der Waals surface area contributed by atoms with Crippen LogP contribution in [0.5, 0.6) is 5.75 Å². The zero-order chi connectivity index (χ0) is 23.2. The normalized spacial score (nSPS) is 11.1. The maximum absolute atomic E-state index is 12.3. The molecule has 33 heavy (non-hydrogen) atoms. The van der Waals surface area contributed by atoms with Crippen LogP contribution in [0.25, 0.3) is 17.1 Å². The Morgan fingerprint density at radius 2 is 1.82 bits per heavy atom. The van der Waals surface area contributed by atoms with Gasteiger partial charge >= 0.3 is 5.16 Å². The number of aromatic nitrogens is 3. The van der Waals surface area contributed by atoms with Crippen LogP contribution in [0.4, 0.5) is 0 Å². The molecule has 9 heteroatoms. The van der Waals surface area contributed by atoms with E-state index in [0.29, 0.717) is 10.2 Å². The minimum Gasteiger partial charge on any atom is -0.508 e. The van der Waals surface area contributed by atoms with Gasteiger partial charge in [-0.2, -0.15) is 9.67 Å². The highest BCUT2D eigenvalue weighted by molar-refractivity contribution is 7.99. The van der Waals surface area contributed by atoms with Gasteiger partial charge in [-0.05, 0) is 84.9 Å². The van der Waals surface area contributed by atoms with Gasteiger partial charge in [-0.3, -0.25) is 4.79 Å². The molecule has 1 aromatic heterocycles. The van der Waals surface area contributed by atoms with Crippen molar-refractivity contribution in [2.75, 3.05) is 5.75 Å². The number of aromatic amines is 1. The molecule has 0 bridgehead atoms. The van der Waals surface area contributed by atoms with E-state index >= 15 is 0 Å². The van der Waals surface area contributed by atoms with Crippen LogP contribution in [0.2, 0.25) is 5.02 Å². The Labute approximate surface area is 200 Å². The zero-order valence-electron chi connectivity index (χ0n) is 17.7. The monoisotopic (exact) mass is 478 g/mol. The summed E-state index contributed by atoms with van der Waals surface area (Å²) in [6.45, 7) is 2.04. The Kier molecular flexibility index (Phi) is 7.07. The number of carbonyl (C=O) groups excluding carboxylic acids is 1. The Bertz CT molecular complexity index is 1270. The number of H-pyrrole nitrogens is 1. The van der Waals surface area contributed by atoms with Gasteiger partial charge in [0.25, 0.3) is 11.7 Å². The average Bonchev–Trinajstić information content (AvgIpc) is 3.24. The molecule has 0 saturated heterocycles. The predicted octanol–water partition coefficient (Wildman–Crippen LogP) is 4.26. The number of thioether (sulfide) groups is 1. The third-order valence-corrected chi connectivity index (χ3v) is 5.90. The van der Waals surface area contributed by atoms with Crippen LogP contribution < -0.4 is 9.99 Å². The lowest BCUT2D eigenvalue weighted by molar-refractivity contribution is -0.625. The van der Waals surface area contributed by atoms with E-state index in [2.05, 4.69) is 20.7 Å². The van der Waals surface area contributed by atoms with Gasteiger partial charge in [0.2, 0.25) is 0 Å². The molecule has 0 unspecified atom stereocenters. The summed E-state index contributed by atoms with van der Waals surface area (Å²) in [4.78, 5) is 12.3. The summed E-state index contributed by atoms with van der Waals surface area (Å²) in [7, 11) is 0. The quantitative estimate of drug-likeness (QED) is 0.160. The van der Waals surface area contributed by atoms with Gasteiger partial charge in [-0.15, -0.1) is 5.10 Å². The van der Waals surface area contributed by atoms with Crippen molar-refractivity contribution < 1.29 is 14.5 Å². The lowest BCUT2D eigenvalue weighted by Gasteiger charge is -2.05. The molecule has 0 spiro atoms. The number of hydrogen-bond acceptors (Lipinski definition) is 5. The number of carbonyl (C=O) groups is 1. The maximum atomic E-state index is 12.3. The molecule has 1 heterocycles. The van der Waals surface area contributed by atoms with Gasteiger partial charge in [0.05, 0.1) is 22.6 Å². The maximum Gasteiger partial charge on any atom is 0.342 e. The van der Waals surface area contributed by atoms with E-state index in [1.54, 1.807) is 24.3 Å². The second-order valence-electron chi connectivity index (χ2n) is 7.21. The minimum atomic E-state index is -0.266. The van der Waals surface area contributed by atoms with Crippen LogP contribution in [-0.4, -0.2) is 33.2 Å².